The van der Waals surface area contributed by atoms with E-state index >= 15 is 0 Å². The highest BCUT2D eigenvalue weighted by Gasteiger charge is 2.12. The van der Waals surface area contributed by atoms with E-state index in [1.54, 1.807) is 12.3 Å². The second-order valence-electron chi connectivity index (χ2n) is 3.47. The number of hydrogen-bond donors (Lipinski definition) is 1. The van der Waals surface area contributed by atoms with Crippen molar-refractivity contribution in [1.29, 1.82) is 0 Å². The largest absolute Gasteiger partial charge is 0.404 e. The number of rotatable bonds is 2. The minimum atomic E-state index is 0.119. The van der Waals surface area contributed by atoms with Gasteiger partial charge in [-0.1, -0.05) is 45.6 Å². The zero-order valence-electron chi connectivity index (χ0n) is 7.59. The maximum Gasteiger partial charge on any atom is -0.00243 e. The van der Waals surface area contributed by atoms with E-state index in [4.69, 9.17) is 5.73 Å². The van der Waals surface area contributed by atoms with Gasteiger partial charge in [0.2, 0.25) is 0 Å². The van der Waals surface area contributed by atoms with Crippen LogP contribution in [-0.2, 0) is 0 Å². The van der Waals surface area contributed by atoms with Gasteiger partial charge >= 0.3 is 0 Å². The van der Waals surface area contributed by atoms with Gasteiger partial charge in [0, 0.05) is 0 Å². The SMILES string of the molecule is C=C/C=C\C(=C/N)C(C)(C)C. The summed E-state index contributed by atoms with van der Waals surface area (Å²) in [5, 5.41) is 0. The molecule has 0 radical (unpaired) electrons. The van der Waals surface area contributed by atoms with E-state index < -0.39 is 0 Å². The van der Waals surface area contributed by atoms with Crippen molar-refractivity contribution < 1.29 is 0 Å². The molecule has 0 aromatic rings. The smallest absolute Gasteiger partial charge is 0.00243 e. The predicted molar refractivity (Wildman–Crippen MR) is 51.1 cm³/mol. The molecule has 0 amide bonds. The number of hydrogen-bond acceptors (Lipinski definition) is 1. The molecule has 0 aliphatic heterocycles. The van der Waals surface area contributed by atoms with Gasteiger partial charge in [-0.25, -0.2) is 0 Å². The predicted octanol–water partition coefficient (Wildman–Crippen LogP) is 2.62. The van der Waals surface area contributed by atoms with E-state index in [0.717, 1.165) is 5.57 Å². The second kappa shape index (κ2) is 4.02. The number of allylic oxidation sites excluding steroid dienone is 4. The van der Waals surface area contributed by atoms with Gasteiger partial charge in [-0.2, -0.15) is 0 Å². The van der Waals surface area contributed by atoms with E-state index in [9.17, 15) is 0 Å². The highest BCUT2D eigenvalue weighted by molar-refractivity contribution is 5.25. The third kappa shape index (κ3) is 3.66. The topological polar surface area (TPSA) is 26.0 Å². The molecule has 0 heterocycles. The minimum Gasteiger partial charge on any atom is -0.404 e. The van der Waals surface area contributed by atoms with Crippen LogP contribution in [0.2, 0.25) is 0 Å². The van der Waals surface area contributed by atoms with Crippen LogP contribution in [0.1, 0.15) is 20.8 Å². The Morgan fingerprint density at radius 1 is 1.36 bits per heavy atom. The van der Waals surface area contributed by atoms with Crippen LogP contribution >= 0.6 is 0 Å². The molecule has 1 nitrogen and oxygen atoms in total. The first kappa shape index (κ1) is 10.0. The monoisotopic (exact) mass is 151 g/mol. The molecule has 0 aliphatic carbocycles. The molecular weight excluding hydrogens is 134 g/mol. The summed E-state index contributed by atoms with van der Waals surface area (Å²) in [6, 6.07) is 0. The van der Waals surface area contributed by atoms with Gasteiger partial charge in [-0.15, -0.1) is 0 Å². The number of nitrogens with two attached hydrogens (primary N) is 1. The molecule has 0 saturated carbocycles. The molecule has 0 fully saturated rings. The Morgan fingerprint density at radius 2 is 1.91 bits per heavy atom. The van der Waals surface area contributed by atoms with Crippen LogP contribution in [-0.4, -0.2) is 0 Å². The standard InChI is InChI=1S/C10H17N/c1-5-6-7-9(8-11)10(2,3)4/h5-8H,1,11H2,2-4H3/b7-6-,9-8+. The lowest BCUT2D eigenvalue weighted by Gasteiger charge is -2.19. The Bertz CT molecular complexity index is 180. The normalized spacial score (nSPS) is 13.9. The maximum atomic E-state index is 5.45. The highest BCUT2D eigenvalue weighted by Crippen LogP contribution is 2.24. The summed E-state index contributed by atoms with van der Waals surface area (Å²) in [7, 11) is 0. The highest BCUT2D eigenvalue weighted by atomic mass is 14.5. The summed E-state index contributed by atoms with van der Waals surface area (Å²) in [4.78, 5) is 0. The summed E-state index contributed by atoms with van der Waals surface area (Å²) >= 11 is 0. The van der Waals surface area contributed by atoms with Gasteiger partial charge in [0.15, 0.2) is 0 Å². The lowest BCUT2D eigenvalue weighted by molar-refractivity contribution is 0.516. The molecule has 0 aromatic carbocycles. The van der Waals surface area contributed by atoms with E-state index in [2.05, 4.69) is 27.4 Å². The van der Waals surface area contributed by atoms with Crippen molar-refractivity contribution in [3.8, 4) is 0 Å². The minimum absolute atomic E-state index is 0.119. The summed E-state index contributed by atoms with van der Waals surface area (Å²) in [6.45, 7) is 9.97. The molecule has 0 bridgehead atoms. The van der Waals surface area contributed by atoms with Gasteiger partial charge in [-0.05, 0) is 17.2 Å². The quantitative estimate of drug-likeness (QED) is 0.603. The van der Waals surface area contributed by atoms with E-state index in [0.29, 0.717) is 0 Å². The maximum absolute atomic E-state index is 5.45. The first-order valence-corrected chi connectivity index (χ1v) is 3.74. The summed E-state index contributed by atoms with van der Waals surface area (Å²) in [5.41, 5.74) is 6.69. The molecule has 0 unspecified atom stereocenters. The van der Waals surface area contributed by atoms with Crippen LogP contribution in [0, 0.1) is 5.41 Å². The molecular formula is C10H17N. The second-order valence-corrected chi connectivity index (χ2v) is 3.47. The molecule has 0 aliphatic rings. The Labute approximate surface area is 69.3 Å². The Morgan fingerprint density at radius 3 is 2.18 bits per heavy atom. The lowest BCUT2D eigenvalue weighted by atomic mass is 9.87. The fourth-order valence-corrected chi connectivity index (χ4v) is 0.727. The average Bonchev–Trinajstić information content (AvgIpc) is 1.87. The Hall–Kier alpha value is -0.980. The third-order valence-corrected chi connectivity index (χ3v) is 1.46. The summed E-state index contributed by atoms with van der Waals surface area (Å²) < 4.78 is 0. The first-order valence-electron chi connectivity index (χ1n) is 3.74. The van der Waals surface area contributed by atoms with Crippen molar-refractivity contribution in [3.05, 3.63) is 36.6 Å². The van der Waals surface area contributed by atoms with Crippen molar-refractivity contribution in [2.24, 2.45) is 11.1 Å². The van der Waals surface area contributed by atoms with E-state index in [1.807, 2.05) is 12.2 Å². The summed E-state index contributed by atoms with van der Waals surface area (Å²) in [5.74, 6) is 0. The Balaban J connectivity index is 4.45. The first-order chi connectivity index (χ1) is 5.02. The van der Waals surface area contributed by atoms with Crippen LogP contribution in [0.4, 0.5) is 0 Å². The van der Waals surface area contributed by atoms with E-state index in [1.165, 1.54) is 0 Å². The molecule has 2 N–H and O–H groups in total. The van der Waals surface area contributed by atoms with Crippen molar-refractivity contribution in [1.82, 2.24) is 0 Å². The van der Waals surface area contributed by atoms with Gasteiger partial charge in [0.25, 0.3) is 0 Å². The van der Waals surface area contributed by atoms with Crippen LogP contribution < -0.4 is 5.73 Å². The lowest BCUT2D eigenvalue weighted by Crippen LogP contribution is -2.09. The molecule has 1 heteroatoms. The van der Waals surface area contributed by atoms with Crippen LogP contribution in [0.15, 0.2) is 36.6 Å². The molecule has 0 rings (SSSR count). The van der Waals surface area contributed by atoms with Gasteiger partial charge in [0.1, 0.15) is 0 Å². The fraction of sp³-hybridized carbons (Fsp3) is 0.400. The van der Waals surface area contributed by atoms with Gasteiger partial charge < -0.3 is 5.73 Å². The van der Waals surface area contributed by atoms with Crippen molar-refractivity contribution in [2.45, 2.75) is 20.8 Å². The van der Waals surface area contributed by atoms with Crippen LogP contribution in [0.3, 0.4) is 0 Å². The molecule has 0 aromatic heterocycles. The van der Waals surface area contributed by atoms with Crippen molar-refractivity contribution in [3.63, 3.8) is 0 Å². The summed E-state index contributed by atoms with van der Waals surface area (Å²) in [6.07, 6.45) is 7.26. The van der Waals surface area contributed by atoms with E-state index in [-0.39, 0.29) is 5.41 Å². The molecule has 11 heavy (non-hydrogen) atoms. The van der Waals surface area contributed by atoms with Gasteiger partial charge in [-0.3, -0.25) is 0 Å². The molecule has 62 valence electrons. The van der Waals surface area contributed by atoms with Crippen molar-refractivity contribution in [2.75, 3.05) is 0 Å². The van der Waals surface area contributed by atoms with Crippen LogP contribution in [0.5, 0.6) is 0 Å². The van der Waals surface area contributed by atoms with Gasteiger partial charge in [0.05, 0.1) is 0 Å². The molecule has 0 atom stereocenters. The van der Waals surface area contributed by atoms with Crippen molar-refractivity contribution >= 4 is 0 Å². The Kier molecular flexibility index (Phi) is 3.66. The molecule has 0 saturated heterocycles. The zero-order chi connectivity index (χ0) is 8.91. The van der Waals surface area contributed by atoms with Crippen LogP contribution in [0.25, 0.3) is 0 Å². The molecule has 0 spiro atoms. The fourth-order valence-electron chi connectivity index (χ4n) is 0.727. The third-order valence-electron chi connectivity index (χ3n) is 1.46. The zero-order valence-corrected chi connectivity index (χ0v) is 7.59. The average molecular weight is 151 g/mol.